The molecule has 1 heterocycles. The van der Waals surface area contributed by atoms with Crippen molar-refractivity contribution < 1.29 is 38.1 Å². The van der Waals surface area contributed by atoms with Gasteiger partial charge in [0.25, 0.3) is 5.69 Å². The molecule has 0 amide bonds. The van der Waals surface area contributed by atoms with E-state index in [1.165, 1.54) is 24.3 Å². The Morgan fingerprint density at radius 1 is 0.569 bits per heavy atom. The number of carbonyl (C=O) groups is 1. The van der Waals surface area contributed by atoms with Crippen LogP contribution in [0.4, 0.5) is 5.69 Å². The van der Waals surface area contributed by atoms with Crippen LogP contribution in [0.3, 0.4) is 0 Å². The largest absolute Gasteiger partial charge is 0.429 e. The molecule has 5 atom stereocenters. The van der Waals surface area contributed by atoms with Crippen LogP contribution in [0.5, 0.6) is 0 Å². The topological polar surface area (TPSA) is 116 Å². The van der Waals surface area contributed by atoms with Crippen molar-refractivity contribution in [3.8, 4) is 0 Å². The number of rotatable bonds is 16. The zero-order valence-electron chi connectivity index (χ0n) is 27.9. The van der Waals surface area contributed by atoms with E-state index in [2.05, 4.69) is 0 Å². The highest BCUT2D eigenvalue weighted by molar-refractivity contribution is 5.89. The summed E-state index contributed by atoms with van der Waals surface area (Å²) in [5.74, 6) is -0.738. The second kappa shape index (κ2) is 18.1. The minimum atomic E-state index is -1.25. The predicted molar refractivity (Wildman–Crippen MR) is 188 cm³/mol. The van der Waals surface area contributed by atoms with E-state index < -0.39 is 41.6 Å². The van der Waals surface area contributed by atoms with Crippen molar-refractivity contribution in [2.75, 3.05) is 6.61 Å². The number of esters is 1. The quantitative estimate of drug-likeness (QED) is 0.0592. The SMILES string of the molecule is O=C(O[C@H]1O[C@@H](COCc2ccccc2)[C@H](OCc2ccccc2)[C@@H](OCc2ccccc2)[C@@H]1OCc1ccccc1)c1ccc([N+](=O)[O-])cc1. The van der Waals surface area contributed by atoms with Gasteiger partial charge in [0.15, 0.2) is 0 Å². The third-order valence-electron chi connectivity index (χ3n) is 8.38. The third kappa shape index (κ3) is 10.2. The molecule has 1 saturated heterocycles. The maximum atomic E-state index is 13.6. The highest BCUT2D eigenvalue weighted by Gasteiger charge is 2.50. The molecule has 0 radical (unpaired) electrons. The van der Waals surface area contributed by atoms with E-state index in [0.717, 1.165) is 22.3 Å². The molecule has 1 aliphatic rings. The van der Waals surface area contributed by atoms with Gasteiger partial charge in [-0.25, -0.2) is 4.79 Å². The second-order valence-electron chi connectivity index (χ2n) is 12.0. The summed E-state index contributed by atoms with van der Waals surface area (Å²) in [4.78, 5) is 24.3. The molecule has 0 bridgehead atoms. The van der Waals surface area contributed by atoms with Crippen LogP contribution in [0, 0.1) is 10.1 Å². The molecule has 0 N–H and O–H groups in total. The number of hydrogen-bond acceptors (Lipinski definition) is 9. The monoisotopic (exact) mass is 689 g/mol. The Balaban J connectivity index is 1.32. The minimum Gasteiger partial charge on any atom is -0.429 e. The molecule has 0 saturated carbocycles. The summed E-state index contributed by atoms with van der Waals surface area (Å²) in [6, 6.07) is 44.1. The summed E-state index contributed by atoms with van der Waals surface area (Å²) in [7, 11) is 0. The lowest BCUT2D eigenvalue weighted by Gasteiger charge is -2.45. The van der Waals surface area contributed by atoms with Crippen molar-refractivity contribution in [3.63, 3.8) is 0 Å². The Morgan fingerprint density at radius 3 is 1.47 bits per heavy atom. The van der Waals surface area contributed by atoms with E-state index in [1.54, 1.807) is 0 Å². The number of nitrogens with zero attached hydrogens (tertiary/aromatic N) is 1. The Morgan fingerprint density at radius 2 is 1.00 bits per heavy atom. The van der Waals surface area contributed by atoms with Crippen molar-refractivity contribution >= 4 is 11.7 Å². The average molecular weight is 690 g/mol. The summed E-state index contributed by atoms with van der Waals surface area (Å²) < 4.78 is 38.6. The van der Waals surface area contributed by atoms with Gasteiger partial charge in [-0.15, -0.1) is 0 Å². The van der Waals surface area contributed by atoms with Gasteiger partial charge < -0.3 is 28.4 Å². The standard InChI is InChI=1S/C41H39NO9/c43-40(34-21-23-35(24-22-34)42(44)45)51-41-39(49-28-33-19-11-4-12-20-33)38(48-27-32-17-9-3-10-18-32)37(47-26-31-15-7-2-8-16-31)36(50-41)29-46-25-30-13-5-1-6-14-30/h1-24,36-39,41H,25-29H2/t36-,37-,38+,39-,41+/m0/s1. The van der Waals surface area contributed by atoms with Crippen LogP contribution in [0.1, 0.15) is 32.6 Å². The smallest absolute Gasteiger partial charge is 0.340 e. The van der Waals surface area contributed by atoms with Gasteiger partial charge in [0.05, 0.1) is 43.5 Å². The van der Waals surface area contributed by atoms with Crippen LogP contribution in [-0.2, 0) is 54.8 Å². The first-order valence-corrected chi connectivity index (χ1v) is 16.7. The van der Waals surface area contributed by atoms with E-state index in [9.17, 15) is 14.9 Å². The number of nitro groups is 1. The number of non-ortho nitro benzene ring substituents is 1. The maximum absolute atomic E-state index is 13.6. The molecular formula is C41H39NO9. The minimum absolute atomic E-state index is 0.0938. The molecule has 1 aliphatic heterocycles. The molecule has 10 heteroatoms. The lowest BCUT2D eigenvalue weighted by atomic mass is 9.97. The lowest BCUT2D eigenvalue weighted by Crippen LogP contribution is -2.62. The van der Waals surface area contributed by atoms with Gasteiger partial charge in [-0.1, -0.05) is 121 Å². The normalized spacial score (nSPS) is 20.0. The van der Waals surface area contributed by atoms with Crippen molar-refractivity contribution in [1.82, 2.24) is 0 Å². The van der Waals surface area contributed by atoms with Crippen LogP contribution < -0.4 is 0 Å². The fraction of sp³-hybridized carbons (Fsp3) is 0.244. The number of ether oxygens (including phenoxy) is 6. The first kappa shape index (κ1) is 35.6. The predicted octanol–water partition coefficient (Wildman–Crippen LogP) is 7.45. The highest BCUT2D eigenvalue weighted by Crippen LogP contribution is 2.32. The van der Waals surface area contributed by atoms with E-state index in [-0.39, 0.29) is 37.7 Å². The molecule has 5 aromatic carbocycles. The first-order valence-electron chi connectivity index (χ1n) is 16.7. The fourth-order valence-corrected chi connectivity index (χ4v) is 5.73. The van der Waals surface area contributed by atoms with Crippen molar-refractivity contribution in [1.29, 1.82) is 0 Å². The van der Waals surface area contributed by atoms with Crippen LogP contribution in [0.25, 0.3) is 0 Å². The number of carbonyl (C=O) groups excluding carboxylic acids is 1. The third-order valence-corrected chi connectivity index (χ3v) is 8.38. The van der Waals surface area contributed by atoms with Crippen molar-refractivity contribution in [2.45, 2.75) is 57.1 Å². The van der Waals surface area contributed by atoms with Gasteiger partial charge in [-0.3, -0.25) is 10.1 Å². The summed E-state index contributed by atoms with van der Waals surface area (Å²) in [6.45, 7) is 1.07. The Labute approximate surface area is 296 Å². The van der Waals surface area contributed by atoms with Crippen molar-refractivity contribution in [2.24, 2.45) is 0 Å². The zero-order valence-corrected chi connectivity index (χ0v) is 27.9. The summed E-state index contributed by atoms with van der Waals surface area (Å²) in [5.41, 5.74) is 3.74. The molecule has 0 spiro atoms. The highest BCUT2D eigenvalue weighted by atomic mass is 16.7. The molecule has 51 heavy (non-hydrogen) atoms. The fourth-order valence-electron chi connectivity index (χ4n) is 5.73. The molecule has 0 aliphatic carbocycles. The Hall–Kier alpha value is -5.23. The molecule has 1 fully saturated rings. The summed E-state index contributed by atoms with van der Waals surface area (Å²) >= 11 is 0. The molecular weight excluding hydrogens is 650 g/mol. The summed E-state index contributed by atoms with van der Waals surface area (Å²) in [6.07, 6.45) is -4.43. The van der Waals surface area contributed by atoms with E-state index in [0.29, 0.717) is 6.61 Å². The maximum Gasteiger partial charge on any atom is 0.340 e. The second-order valence-corrected chi connectivity index (χ2v) is 12.0. The summed E-state index contributed by atoms with van der Waals surface area (Å²) in [5, 5.41) is 11.2. The Kier molecular flexibility index (Phi) is 12.7. The molecule has 5 aromatic rings. The number of nitro benzene ring substituents is 1. The number of benzene rings is 5. The Bertz CT molecular complexity index is 1790. The van der Waals surface area contributed by atoms with Gasteiger partial charge >= 0.3 is 5.97 Å². The molecule has 6 rings (SSSR count). The molecule has 0 unspecified atom stereocenters. The molecule has 0 aromatic heterocycles. The van der Waals surface area contributed by atoms with Gasteiger partial charge in [0, 0.05) is 12.1 Å². The lowest BCUT2D eigenvalue weighted by molar-refractivity contribution is -0.384. The van der Waals surface area contributed by atoms with Crippen LogP contribution >= 0.6 is 0 Å². The van der Waals surface area contributed by atoms with Crippen molar-refractivity contribution in [3.05, 3.63) is 184 Å². The van der Waals surface area contributed by atoms with Gasteiger partial charge in [-0.05, 0) is 34.4 Å². The molecule has 10 nitrogen and oxygen atoms in total. The van der Waals surface area contributed by atoms with Gasteiger partial charge in [-0.2, -0.15) is 0 Å². The van der Waals surface area contributed by atoms with E-state index >= 15 is 0 Å². The number of hydrogen-bond donors (Lipinski definition) is 0. The van der Waals surface area contributed by atoms with Gasteiger partial charge in [0.1, 0.15) is 24.4 Å². The average Bonchev–Trinajstić information content (AvgIpc) is 3.18. The van der Waals surface area contributed by atoms with Crippen LogP contribution in [0.2, 0.25) is 0 Å². The van der Waals surface area contributed by atoms with Gasteiger partial charge in [0.2, 0.25) is 6.29 Å². The van der Waals surface area contributed by atoms with Crippen LogP contribution in [0.15, 0.2) is 146 Å². The molecule has 262 valence electrons. The van der Waals surface area contributed by atoms with E-state index in [1.807, 2.05) is 121 Å². The van der Waals surface area contributed by atoms with Crippen LogP contribution in [-0.4, -0.2) is 48.2 Å². The first-order chi connectivity index (χ1) is 25.0. The zero-order chi connectivity index (χ0) is 35.3. The van der Waals surface area contributed by atoms with E-state index in [4.69, 9.17) is 28.4 Å².